The molecule has 1 atom stereocenters. The molecule has 0 aromatic heterocycles. The van der Waals surface area contributed by atoms with Gasteiger partial charge in [0.1, 0.15) is 6.54 Å². The predicted octanol–water partition coefficient (Wildman–Crippen LogP) is 6.16. The zero-order chi connectivity index (χ0) is 41.9. The molecule has 2 aromatic carbocycles. The molecule has 0 aliphatic carbocycles. The van der Waals surface area contributed by atoms with Crippen molar-refractivity contribution in [1.82, 2.24) is 10.6 Å². The van der Waals surface area contributed by atoms with E-state index in [4.69, 9.17) is 0 Å². The van der Waals surface area contributed by atoms with Gasteiger partial charge in [-0.05, 0) is 101 Å². The van der Waals surface area contributed by atoms with Gasteiger partial charge in [0.2, 0.25) is 17.5 Å². The topological polar surface area (TPSA) is 198 Å². The number of carbonyl (C=O) groups excluding carboxylic acids is 2. The third kappa shape index (κ3) is 11.2. The Hall–Kier alpha value is -4.06. The Morgan fingerprint density at radius 3 is 2.31 bits per heavy atom. The molecule has 3 aliphatic heterocycles. The predicted molar refractivity (Wildman–Crippen MR) is 219 cm³/mol. The van der Waals surface area contributed by atoms with Gasteiger partial charge in [-0.2, -0.15) is 17.3 Å². The molecular weight excluding hydrogens is 785 g/mol. The second kappa shape index (κ2) is 20.3. The summed E-state index contributed by atoms with van der Waals surface area (Å²) >= 11 is 0.841. The summed E-state index contributed by atoms with van der Waals surface area (Å²) in [4.78, 5) is 39.0. The standard InChI is InChI=1S/C42H56N4O10S2/c1-41(2)32-28-30(57-56-55-51)19-21-34(32)45-26-11-5-8-17-39(48)44-25-24-43-38(47)16-7-4-10-23-42(3)33-29-31(58(52,53)54)20-22-35(33)46(27-12-6-9-18-40(49)50)37(42)15-13-14-36(41)45/h13-15,19-22,28-29H,4-12,16-18,23-27H2,1-3H3,(H4-,43,44,47,48,49,50,51,52,53,54). The first-order valence-corrected chi connectivity index (χ1v) is 22.3. The number of benzene rings is 2. The van der Waals surface area contributed by atoms with Crippen molar-refractivity contribution in [2.45, 2.75) is 125 Å². The summed E-state index contributed by atoms with van der Waals surface area (Å²) in [5.41, 5.74) is 4.53. The monoisotopic (exact) mass is 840 g/mol. The summed E-state index contributed by atoms with van der Waals surface area (Å²) in [5.74, 6) is -0.962. The number of carboxylic acids is 1. The van der Waals surface area contributed by atoms with Crippen molar-refractivity contribution >= 4 is 57.0 Å². The van der Waals surface area contributed by atoms with Crippen LogP contribution in [0.5, 0.6) is 0 Å². The van der Waals surface area contributed by atoms with Crippen LogP contribution in [0.15, 0.2) is 70.1 Å². The summed E-state index contributed by atoms with van der Waals surface area (Å²) in [6.45, 7) is 8.34. The molecule has 0 spiro atoms. The number of fused-ring (bicyclic) bond motifs is 5. The maximum atomic E-state index is 12.6. The van der Waals surface area contributed by atoms with Crippen LogP contribution in [0.3, 0.4) is 0 Å². The average Bonchev–Trinajstić information content (AvgIpc) is 3.53. The lowest BCUT2D eigenvalue weighted by molar-refractivity contribution is -0.777. The number of hydrogen-bond acceptors (Lipinski definition) is 10. The van der Waals surface area contributed by atoms with E-state index in [0.717, 1.165) is 71.6 Å². The van der Waals surface area contributed by atoms with E-state index < -0.39 is 26.9 Å². The molecule has 1 unspecified atom stereocenters. The Balaban J connectivity index is 1.57. The lowest BCUT2D eigenvalue weighted by Crippen LogP contribution is -2.34. The molecule has 0 saturated carbocycles. The molecule has 16 heteroatoms. The highest BCUT2D eigenvalue weighted by Gasteiger charge is 2.45. The molecule has 0 fully saturated rings. The number of carbonyl (C=O) groups is 3. The van der Waals surface area contributed by atoms with E-state index in [1.54, 1.807) is 12.1 Å². The number of nitrogens with zero attached hydrogens (tertiary/aromatic N) is 2. The minimum atomic E-state index is -4.50. The van der Waals surface area contributed by atoms with E-state index in [1.165, 1.54) is 6.07 Å². The van der Waals surface area contributed by atoms with Crippen molar-refractivity contribution in [3.63, 3.8) is 0 Å². The largest absolute Gasteiger partial charge is 0.691 e. The molecule has 0 radical (unpaired) electrons. The average molecular weight is 841 g/mol. The molecule has 5 rings (SSSR count). The van der Waals surface area contributed by atoms with Crippen LogP contribution in [0.1, 0.15) is 115 Å². The quantitative estimate of drug-likeness (QED) is 0.0532. The number of aliphatic carboxylic acids is 1. The first-order chi connectivity index (χ1) is 27.7. The van der Waals surface area contributed by atoms with Crippen molar-refractivity contribution < 1.29 is 51.7 Å². The summed E-state index contributed by atoms with van der Waals surface area (Å²) in [7, 11) is -4.50. The van der Waals surface area contributed by atoms with Crippen LogP contribution in [-0.2, 0) is 44.7 Å². The van der Waals surface area contributed by atoms with Gasteiger partial charge in [-0.25, -0.2) is 0 Å². The van der Waals surface area contributed by atoms with Gasteiger partial charge in [-0.15, -0.1) is 0 Å². The van der Waals surface area contributed by atoms with Gasteiger partial charge < -0.3 is 25.9 Å². The second-order valence-corrected chi connectivity index (χ2v) is 18.1. The molecule has 58 heavy (non-hydrogen) atoms. The van der Waals surface area contributed by atoms with E-state index in [1.807, 2.05) is 24.3 Å². The lowest BCUT2D eigenvalue weighted by Gasteiger charge is -2.30. The Morgan fingerprint density at radius 1 is 0.931 bits per heavy atom. The Labute approximate surface area is 345 Å². The summed E-state index contributed by atoms with van der Waals surface area (Å²) in [6, 6.07) is 10.6. The minimum Gasteiger partial charge on any atom is -0.691 e. The van der Waals surface area contributed by atoms with Crippen molar-refractivity contribution in [3.05, 3.63) is 71.5 Å². The van der Waals surface area contributed by atoms with Crippen molar-refractivity contribution in [1.29, 1.82) is 0 Å². The molecule has 4 N–H and O–H groups in total. The van der Waals surface area contributed by atoms with Crippen LogP contribution >= 0.6 is 12.0 Å². The number of anilines is 1. The number of nitrogens with one attached hydrogen (secondary N) is 2. The van der Waals surface area contributed by atoms with Gasteiger partial charge in [0, 0.05) is 84.7 Å². The maximum Gasteiger partial charge on any atom is 0.303 e. The van der Waals surface area contributed by atoms with E-state index in [0.29, 0.717) is 82.4 Å². The Morgan fingerprint density at radius 2 is 1.64 bits per heavy atom. The number of hydrogen-bond donors (Lipinski definition) is 4. The summed E-state index contributed by atoms with van der Waals surface area (Å²) in [6.07, 6.45) is 14.1. The third-order valence-electron chi connectivity index (χ3n) is 11.4. The summed E-state index contributed by atoms with van der Waals surface area (Å²) < 4.78 is 41.9. The first-order valence-electron chi connectivity index (χ1n) is 20.1. The van der Waals surface area contributed by atoms with Gasteiger partial charge >= 0.3 is 5.97 Å². The number of carboxylic acid groups (broad SMARTS) is 1. The van der Waals surface area contributed by atoms with E-state index in [9.17, 15) is 37.7 Å². The number of allylic oxidation sites excluding steroid dienone is 4. The molecule has 14 nitrogen and oxygen atoms in total. The fraction of sp³-hybridized carbons (Fsp3) is 0.524. The van der Waals surface area contributed by atoms with Crippen molar-refractivity contribution in [2.75, 3.05) is 31.1 Å². The van der Waals surface area contributed by atoms with Gasteiger partial charge in [0.05, 0.1) is 22.4 Å². The second-order valence-electron chi connectivity index (χ2n) is 15.9. The van der Waals surface area contributed by atoms with Crippen molar-refractivity contribution in [2.24, 2.45) is 0 Å². The van der Waals surface area contributed by atoms with E-state index >= 15 is 0 Å². The Kier molecular flexibility index (Phi) is 15.7. The normalized spacial score (nSPS) is 22.4. The highest BCUT2D eigenvalue weighted by molar-refractivity contribution is 7.94. The van der Waals surface area contributed by atoms with E-state index in [2.05, 4.69) is 62.4 Å². The fourth-order valence-corrected chi connectivity index (χ4v) is 9.31. The van der Waals surface area contributed by atoms with Crippen LogP contribution in [0.4, 0.5) is 11.4 Å². The molecule has 3 aliphatic rings. The molecule has 3 heterocycles. The highest BCUT2D eigenvalue weighted by atomic mass is 32.2. The lowest BCUT2D eigenvalue weighted by atomic mass is 9.77. The fourth-order valence-electron chi connectivity index (χ4n) is 8.40. The van der Waals surface area contributed by atoms with Crippen LogP contribution in [-0.4, -0.2) is 72.3 Å². The summed E-state index contributed by atoms with van der Waals surface area (Å²) in [5, 5.41) is 29.2. The molecule has 0 saturated heterocycles. The van der Waals surface area contributed by atoms with Crippen LogP contribution in [0.2, 0.25) is 0 Å². The zero-order valence-electron chi connectivity index (χ0n) is 33.6. The smallest absolute Gasteiger partial charge is 0.303 e. The number of amides is 2. The molecular formula is C42H56N4O10S2. The van der Waals surface area contributed by atoms with Gasteiger partial charge in [0.25, 0.3) is 10.1 Å². The molecule has 2 amide bonds. The highest BCUT2D eigenvalue weighted by Crippen LogP contribution is 2.52. The molecule has 316 valence electrons. The van der Waals surface area contributed by atoms with Gasteiger partial charge in [0.15, 0.2) is 5.71 Å². The molecule has 2 aromatic rings. The number of unbranched alkanes of at least 4 members (excludes halogenated alkanes) is 2. The van der Waals surface area contributed by atoms with Gasteiger partial charge in [-0.3, -0.25) is 24.0 Å². The SMILES string of the molecule is CC1(C)C2=[N+](CCCCCC(=O)NCCNC(=O)CCCCCC3(C)/C(=C/C=C/2)N(CCCCCC(=O)O)c2ccc(S(=O)(=O)O)cc23)c2ccc(SOO[O-])cc21. The first kappa shape index (κ1) is 45.0. The number of rotatable bonds is 10. The van der Waals surface area contributed by atoms with Crippen LogP contribution in [0, 0.1) is 0 Å². The van der Waals surface area contributed by atoms with Gasteiger partial charge in [-0.1, -0.05) is 25.3 Å². The van der Waals surface area contributed by atoms with E-state index in [-0.39, 0.29) is 23.1 Å². The van der Waals surface area contributed by atoms with Crippen molar-refractivity contribution in [3.8, 4) is 0 Å². The maximum absolute atomic E-state index is 12.6. The molecule has 0 bridgehead atoms. The van der Waals surface area contributed by atoms with Crippen LogP contribution < -0.4 is 20.8 Å². The Bertz CT molecular complexity index is 2030. The minimum absolute atomic E-state index is 0.0450. The zero-order valence-corrected chi connectivity index (χ0v) is 35.2. The van der Waals surface area contributed by atoms with Crippen LogP contribution in [0.25, 0.3) is 0 Å². The third-order valence-corrected chi connectivity index (χ3v) is 12.9.